The van der Waals surface area contributed by atoms with Crippen LogP contribution in [-0.4, -0.2) is 12.1 Å². The summed E-state index contributed by atoms with van der Waals surface area (Å²) in [5.41, 5.74) is 8.14. The lowest BCUT2D eigenvalue weighted by molar-refractivity contribution is 0.186. The van der Waals surface area contributed by atoms with E-state index in [1.807, 2.05) is 12.1 Å². The van der Waals surface area contributed by atoms with Crippen LogP contribution in [0.25, 0.3) is 0 Å². The van der Waals surface area contributed by atoms with Gasteiger partial charge in [-0.25, -0.2) is 0 Å². The number of nitrogens with two attached hydrogens (primary N) is 1. The normalized spacial score (nSPS) is 17.9. The summed E-state index contributed by atoms with van der Waals surface area (Å²) in [7, 11) is 0. The highest BCUT2D eigenvalue weighted by Gasteiger charge is 2.44. The van der Waals surface area contributed by atoms with Crippen LogP contribution in [0.3, 0.4) is 0 Å². The van der Waals surface area contributed by atoms with E-state index >= 15 is 0 Å². The summed E-state index contributed by atoms with van der Waals surface area (Å²) in [4.78, 5) is 0. The van der Waals surface area contributed by atoms with Crippen LogP contribution in [-0.2, 0) is 0 Å². The molecule has 2 N–H and O–H groups in total. The van der Waals surface area contributed by atoms with Crippen molar-refractivity contribution in [2.24, 2.45) is 5.73 Å². The van der Waals surface area contributed by atoms with Crippen LogP contribution < -0.4 is 10.5 Å². The van der Waals surface area contributed by atoms with Crippen molar-refractivity contribution in [3.63, 3.8) is 0 Å². The molecule has 1 aromatic rings. The van der Waals surface area contributed by atoms with Gasteiger partial charge >= 0.3 is 0 Å². The molecule has 1 aromatic carbocycles. The van der Waals surface area contributed by atoms with Gasteiger partial charge < -0.3 is 10.5 Å². The molecule has 0 amide bonds. The molecule has 0 heterocycles. The fourth-order valence-corrected chi connectivity index (χ4v) is 1.56. The molecule has 14 heavy (non-hydrogen) atoms. The first-order valence-electron chi connectivity index (χ1n) is 5.12. The van der Waals surface area contributed by atoms with E-state index < -0.39 is 0 Å². The first-order valence-corrected chi connectivity index (χ1v) is 5.12. The molecule has 0 unspecified atom stereocenters. The third kappa shape index (κ3) is 1.62. The summed E-state index contributed by atoms with van der Waals surface area (Å²) in [6.07, 6.45) is 2.19. The number of ether oxygens (including phenoxy) is 1. The van der Waals surface area contributed by atoms with Gasteiger partial charge in [0.2, 0.25) is 0 Å². The Kier molecular flexibility index (Phi) is 2.23. The van der Waals surface area contributed by atoms with Gasteiger partial charge in [0.25, 0.3) is 0 Å². The zero-order valence-corrected chi connectivity index (χ0v) is 8.84. The molecular formula is C12H17NO. The van der Waals surface area contributed by atoms with Gasteiger partial charge in [0.1, 0.15) is 11.4 Å². The molecule has 0 saturated heterocycles. The predicted octanol–water partition coefficient (Wildman–Crippen LogP) is 2.17. The van der Waals surface area contributed by atoms with Crippen LogP contribution >= 0.6 is 0 Å². The van der Waals surface area contributed by atoms with Crippen molar-refractivity contribution in [3.8, 4) is 5.75 Å². The summed E-state index contributed by atoms with van der Waals surface area (Å²) >= 11 is 0. The van der Waals surface area contributed by atoms with Gasteiger partial charge in [0, 0.05) is 6.54 Å². The Morgan fingerprint density at radius 2 is 2.07 bits per heavy atom. The molecule has 0 aromatic heterocycles. The highest BCUT2D eigenvalue weighted by molar-refractivity contribution is 5.39. The van der Waals surface area contributed by atoms with Gasteiger partial charge in [0.15, 0.2) is 0 Å². The Balaban J connectivity index is 2.21. The van der Waals surface area contributed by atoms with Gasteiger partial charge in [-0.05, 0) is 43.9 Å². The van der Waals surface area contributed by atoms with Crippen molar-refractivity contribution < 1.29 is 4.74 Å². The highest BCUT2D eigenvalue weighted by Crippen LogP contribution is 2.40. The molecule has 0 spiro atoms. The Labute approximate surface area is 85.1 Å². The zero-order valence-electron chi connectivity index (χ0n) is 8.84. The zero-order chi connectivity index (χ0) is 10.2. The summed E-state index contributed by atoms with van der Waals surface area (Å²) in [5, 5.41) is 0. The molecule has 0 aliphatic heterocycles. The van der Waals surface area contributed by atoms with Crippen LogP contribution in [0.5, 0.6) is 5.75 Å². The largest absolute Gasteiger partial charge is 0.486 e. The number of rotatable bonds is 3. The molecular weight excluding hydrogens is 174 g/mol. The minimum Gasteiger partial charge on any atom is -0.486 e. The molecule has 0 bridgehead atoms. The smallest absolute Gasteiger partial charge is 0.123 e. The van der Waals surface area contributed by atoms with Crippen molar-refractivity contribution in [2.45, 2.75) is 32.3 Å². The molecule has 2 rings (SSSR count). The lowest BCUT2D eigenvalue weighted by Crippen LogP contribution is -2.28. The maximum atomic E-state index is 5.95. The van der Waals surface area contributed by atoms with Crippen LogP contribution in [0.15, 0.2) is 18.2 Å². The van der Waals surface area contributed by atoms with E-state index in [-0.39, 0.29) is 5.60 Å². The molecule has 1 fully saturated rings. The fourth-order valence-electron chi connectivity index (χ4n) is 1.56. The van der Waals surface area contributed by atoms with Gasteiger partial charge in [-0.3, -0.25) is 0 Å². The lowest BCUT2D eigenvalue weighted by atomic mass is 10.1. The maximum absolute atomic E-state index is 5.95. The number of benzene rings is 1. The van der Waals surface area contributed by atoms with E-state index in [1.165, 1.54) is 11.1 Å². The first-order chi connectivity index (χ1) is 6.67. The molecule has 76 valence electrons. The average molecular weight is 191 g/mol. The van der Waals surface area contributed by atoms with Crippen molar-refractivity contribution in [1.82, 2.24) is 0 Å². The molecule has 1 saturated carbocycles. The maximum Gasteiger partial charge on any atom is 0.123 e. The summed E-state index contributed by atoms with van der Waals surface area (Å²) in [6.45, 7) is 4.82. The van der Waals surface area contributed by atoms with Crippen LogP contribution in [0.2, 0.25) is 0 Å². The predicted molar refractivity (Wildman–Crippen MR) is 57.6 cm³/mol. The summed E-state index contributed by atoms with van der Waals surface area (Å²) in [6, 6.07) is 6.16. The second-order valence-corrected chi connectivity index (χ2v) is 4.19. The Hall–Kier alpha value is -1.02. The summed E-state index contributed by atoms with van der Waals surface area (Å²) in [5.74, 6) is 0.993. The van der Waals surface area contributed by atoms with Gasteiger partial charge in [-0.1, -0.05) is 12.1 Å². The summed E-state index contributed by atoms with van der Waals surface area (Å²) < 4.78 is 5.95. The molecule has 2 nitrogen and oxygen atoms in total. The van der Waals surface area contributed by atoms with Gasteiger partial charge in [0.05, 0.1) is 0 Å². The molecule has 2 heteroatoms. The quantitative estimate of drug-likeness (QED) is 0.794. The molecule has 1 aliphatic carbocycles. The number of hydrogen-bond donors (Lipinski definition) is 1. The van der Waals surface area contributed by atoms with Crippen molar-refractivity contribution in [1.29, 1.82) is 0 Å². The topological polar surface area (TPSA) is 35.2 Å². The third-order valence-corrected chi connectivity index (χ3v) is 3.06. The van der Waals surface area contributed by atoms with E-state index in [2.05, 4.69) is 19.9 Å². The second-order valence-electron chi connectivity index (χ2n) is 4.19. The van der Waals surface area contributed by atoms with E-state index in [0.29, 0.717) is 6.54 Å². The Morgan fingerprint density at radius 3 is 2.64 bits per heavy atom. The second kappa shape index (κ2) is 3.28. The standard InChI is InChI=1S/C12H17NO/c1-9-4-3-5-11(10(9)2)14-12(8-13)6-7-12/h3-5H,6-8,13H2,1-2H3. The average Bonchev–Trinajstić information content (AvgIpc) is 2.94. The van der Waals surface area contributed by atoms with E-state index in [9.17, 15) is 0 Å². The van der Waals surface area contributed by atoms with Crippen molar-refractivity contribution in [2.75, 3.05) is 6.54 Å². The van der Waals surface area contributed by atoms with Crippen molar-refractivity contribution in [3.05, 3.63) is 29.3 Å². The van der Waals surface area contributed by atoms with E-state index in [4.69, 9.17) is 10.5 Å². The Bertz CT molecular complexity index is 342. The lowest BCUT2D eigenvalue weighted by Gasteiger charge is -2.18. The van der Waals surface area contributed by atoms with Gasteiger partial charge in [-0.2, -0.15) is 0 Å². The van der Waals surface area contributed by atoms with E-state index in [1.54, 1.807) is 0 Å². The van der Waals surface area contributed by atoms with Crippen LogP contribution in [0, 0.1) is 13.8 Å². The SMILES string of the molecule is Cc1cccc(OC2(CN)CC2)c1C. The van der Waals surface area contributed by atoms with Crippen LogP contribution in [0.1, 0.15) is 24.0 Å². The minimum absolute atomic E-state index is 0.0431. The molecule has 1 aliphatic rings. The highest BCUT2D eigenvalue weighted by atomic mass is 16.5. The van der Waals surface area contributed by atoms with Gasteiger partial charge in [-0.15, -0.1) is 0 Å². The first kappa shape index (κ1) is 9.53. The van der Waals surface area contributed by atoms with Crippen molar-refractivity contribution >= 4 is 0 Å². The monoisotopic (exact) mass is 191 g/mol. The number of aryl methyl sites for hydroxylation is 1. The van der Waals surface area contributed by atoms with Crippen LogP contribution in [0.4, 0.5) is 0 Å². The van der Waals surface area contributed by atoms with E-state index in [0.717, 1.165) is 18.6 Å². The third-order valence-electron chi connectivity index (χ3n) is 3.06. The molecule has 0 radical (unpaired) electrons. The number of hydrogen-bond acceptors (Lipinski definition) is 2. The minimum atomic E-state index is -0.0431. The fraction of sp³-hybridized carbons (Fsp3) is 0.500. The molecule has 0 atom stereocenters. The Morgan fingerprint density at radius 1 is 1.36 bits per heavy atom.